The summed E-state index contributed by atoms with van der Waals surface area (Å²) in [6, 6.07) is 16.4. The fourth-order valence-corrected chi connectivity index (χ4v) is 4.88. The molecule has 0 heterocycles. The Morgan fingerprint density at radius 3 is 2.29 bits per heavy atom. The van der Waals surface area contributed by atoms with Gasteiger partial charge in [-0.25, -0.2) is 4.79 Å². The summed E-state index contributed by atoms with van der Waals surface area (Å²) in [4.78, 5) is 37.5. The van der Waals surface area contributed by atoms with Gasteiger partial charge in [0.15, 0.2) is 0 Å². The second-order valence-electron chi connectivity index (χ2n) is 9.08. The maximum absolute atomic E-state index is 12.7. The van der Waals surface area contributed by atoms with Crippen molar-refractivity contribution in [3.05, 3.63) is 59.7 Å². The first-order valence-corrected chi connectivity index (χ1v) is 12.1. The summed E-state index contributed by atoms with van der Waals surface area (Å²) in [5.74, 6) is -0.643. The van der Waals surface area contributed by atoms with Crippen LogP contribution in [0, 0.1) is 11.8 Å². The Labute approximate surface area is 200 Å². The molecular weight excluding hydrogens is 432 g/mol. The van der Waals surface area contributed by atoms with E-state index in [1.807, 2.05) is 31.2 Å². The highest BCUT2D eigenvalue weighted by atomic mass is 16.5. The van der Waals surface area contributed by atoms with Gasteiger partial charge < -0.3 is 20.1 Å². The van der Waals surface area contributed by atoms with Crippen LogP contribution in [-0.2, 0) is 14.3 Å². The molecule has 7 nitrogen and oxygen atoms in total. The fourth-order valence-electron chi connectivity index (χ4n) is 4.88. The summed E-state index contributed by atoms with van der Waals surface area (Å²) in [6.45, 7) is 3.80. The first-order chi connectivity index (χ1) is 16.5. The number of ether oxygens (including phenoxy) is 1. The second-order valence-corrected chi connectivity index (χ2v) is 9.08. The Morgan fingerprint density at radius 2 is 1.68 bits per heavy atom. The van der Waals surface area contributed by atoms with Gasteiger partial charge in [-0.2, -0.15) is 0 Å². The van der Waals surface area contributed by atoms with E-state index in [9.17, 15) is 14.4 Å². The van der Waals surface area contributed by atoms with Crippen molar-refractivity contribution >= 4 is 18.0 Å². The minimum Gasteiger partial charge on any atom is -0.481 e. The molecule has 7 heteroatoms. The molecule has 2 amide bonds. The molecule has 2 atom stereocenters. The van der Waals surface area contributed by atoms with E-state index in [0.717, 1.165) is 6.42 Å². The van der Waals surface area contributed by atoms with Gasteiger partial charge in [0.05, 0.1) is 0 Å². The SMILES string of the molecule is CCN(CCCCC(=O)O)C(=O)[C@H]1C[C@H]1CNC(=O)OCC1c2ccccc2-c2ccccc21. The number of nitrogens with one attached hydrogen (secondary N) is 1. The van der Waals surface area contributed by atoms with E-state index < -0.39 is 12.1 Å². The number of carbonyl (C=O) groups is 3. The quantitative estimate of drug-likeness (QED) is 0.485. The number of nitrogens with zero attached hydrogens (tertiary/aromatic N) is 1. The van der Waals surface area contributed by atoms with Crippen molar-refractivity contribution in [1.29, 1.82) is 0 Å². The number of benzene rings is 2. The molecule has 2 aliphatic rings. The van der Waals surface area contributed by atoms with Gasteiger partial charge in [0, 0.05) is 37.9 Å². The molecule has 2 aromatic rings. The van der Waals surface area contributed by atoms with Crippen molar-refractivity contribution in [2.45, 2.75) is 38.5 Å². The van der Waals surface area contributed by atoms with Crippen LogP contribution in [0.4, 0.5) is 4.79 Å². The van der Waals surface area contributed by atoms with Crippen LogP contribution in [-0.4, -0.2) is 54.2 Å². The summed E-state index contributed by atoms with van der Waals surface area (Å²) >= 11 is 0. The highest BCUT2D eigenvalue weighted by Gasteiger charge is 2.44. The molecule has 4 rings (SSSR count). The van der Waals surface area contributed by atoms with E-state index in [0.29, 0.717) is 32.5 Å². The van der Waals surface area contributed by atoms with Crippen LogP contribution in [0.3, 0.4) is 0 Å². The predicted octanol–water partition coefficient (Wildman–Crippen LogP) is 4.26. The number of carboxylic acids is 1. The number of carboxylic acid groups (broad SMARTS) is 1. The predicted molar refractivity (Wildman–Crippen MR) is 128 cm³/mol. The van der Waals surface area contributed by atoms with Gasteiger partial charge in [0.25, 0.3) is 0 Å². The van der Waals surface area contributed by atoms with Crippen LogP contribution in [0.1, 0.15) is 49.7 Å². The zero-order chi connectivity index (χ0) is 24.1. The maximum atomic E-state index is 12.7. The molecule has 1 fully saturated rings. The Bertz CT molecular complexity index is 1010. The topological polar surface area (TPSA) is 95.9 Å². The minimum absolute atomic E-state index is 0.0210. The molecule has 0 unspecified atom stereocenters. The van der Waals surface area contributed by atoms with E-state index >= 15 is 0 Å². The molecule has 1 saturated carbocycles. The number of fused-ring (bicyclic) bond motifs is 3. The highest BCUT2D eigenvalue weighted by molar-refractivity contribution is 5.82. The lowest BCUT2D eigenvalue weighted by Gasteiger charge is -2.21. The smallest absolute Gasteiger partial charge is 0.407 e. The van der Waals surface area contributed by atoms with Crippen molar-refractivity contribution in [2.24, 2.45) is 11.8 Å². The first-order valence-electron chi connectivity index (χ1n) is 12.1. The van der Waals surface area contributed by atoms with Gasteiger partial charge in [0.1, 0.15) is 6.61 Å². The third kappa shape index (κ3) is 5.41. The highest BCUT2D eigenvalue weighted by Crippen LogP contribution is 2.44. The average Bonchev–Trinajstić information content (AvgIpc) is 3.56. The fraction of sp³-hybridized carbons (Fsp3) is 0.444. The normalized spacial score (nSPS) is 18.0. The molecule has 2 N–H and O–H groups in total. The molecule has 2 aromatic carbocycles. The van der Waals surface area contributed by atoms with Gasteiger partial charge in [-0.15, -0.1) is 0 Å². The zero-order valence-electron chi connectivity index (χ0n) is 19.5. The number of amides is 2. The summed E-state index contributed by atoms with van der Waals surface area (Å²) in [6.07, 6.45) is 1.68. The molecule has 0 spiro atoms. The van der Waals surface area contributed by atoms with Crippen molar-refractivity contribution in [1.82, 2.24) is 10.2 Å². The zero-order valence-corrected chi connectivity index (χ0v) is 19.5. The molecule has 180 valence electrons. The molecule has 0 aromatic heterocycles. The Kier molecular flexibility index (Phi) is 7.50. The average molecular weight is 465 g/mol. The molecule has 34 heavy (non-hydrogen) atoms. The van der Waals surface area contributed by atoms with E-state index in [1.165, 1.54) is 22.3 Å². The van der Waals surface area contributed by atoms with Crippen molar-refractivity contribution in [3.8, 4) is 11.1 Å². The number of alkyl carbamates (subject to hydrolysis) is 1. The molecule has 0 radical (unpaired) electrons. The summed E-state index contributed by atoms with van der Waals surface area (Å²) in [5, 5.41) is 11.6. The third-order valence-corrected chi connectivity index (χ3v) is 6.85. The van der Waals surface area contributed by atoms with Crippen molar-refractivity contribution in [2.75, 3.05) is 26.2 Å². The van der Waals surface area contributed by atoms with Crippen LogP contribution in [0.15, 0.2) is 48.5 Å². The molecule has 0 bridgehead atoms. The molecule has 2 aliphatic carbocycles. The number of hydrogen-bond donors (Lipinski definition) is 2. The van der Waals surface area contributed by atoms with Gasteiger partial charge in [-0.3, -0.25) is 9.59 Å². The molecule has 0 saturated heterocycles. The number of carbonyl (C=O) groups excluding carboxylic acids is 2. The summed E-state index contributed by atoms with van der Waals surface area (Å²) < 4.78 is 5.57. The van der Waals surface area contributed by atoms with E-state index in [1.54, 1.807) is 4.90 Å². The number of aliphatic carboxylic acids is 1. The Balaban J connectivity index is 1.21. The third-order valence-electron chi connectivity index (χ3n) is 6.85. The van der Waals surface area contributed by atoms with Gasteiger partial charge in [-0.1, -0.05) is 48.5 Å². The van der Waals surface area contributed by atoms with Crippen molar-refractivity contribution in [3.63, 3.8) is 0 Å². The standard InChI is InChI=1S/C27H32N2O5/c1-2-29(14-8-7-13-25(30)31)26(32)23-15-18(23)16-28-27(33)34-17-24-21-11-5-3-9-19(21)20-10-4-6-12-22(20)24/h3-6,9-12,18,23-24H,2,7-8,13-17H2,1H3,(H,28,33)(H,30,31)/t18-,23-/m0/s1. The van der Waals surface area contributed by atoms with E-state index in [2.05, 4.69) is 29.6 Å². The first kappa shape index (κ1) is 23.8. The lowest BCUT2D eigenvalue weighted by molar-refractivity contribution is -0.137. The second kappa shape index (κ2) is 10.7. The van der Waals surface area contributed by atoms with Crippen LogP contribution < -0.4 is 5.32 Å². The molecule has 0 aliphatic heterocycles. The maximum Gasteiger partial charge on any atom is 0.407 e. The molecular formula is C27H32N2O5. The summed E-state index contributed by atoms with van der Waals surface area (Å²) in [5.41, 5.74) is 4.73. The van der Waals surface area contributed by atoms with Crippen LogP contribution in [0.5, 0.6) is 0 Å². The van der Waals surface area contributed by atoms with Crippen LogP contribution in [0.25, 0.3) is 11.1 Å². The largest absolute Gasteiger partial charge is 0.481 e. The number of rotatable bonds is 11. The summed E-state index contributed by atoms with van der Waals surface area (Å²) in [7, 11) is 0. The minimum atomic E-state index is -0.809. The van der Waals surface area contributed by atoms with Crippen molar-refractivity contribution < 1.29 is 24.2 Å². The van der Waals surface area contributed by atoms with E-state index in [4.69, 9.17) is 9.84 Å². The lowest BCUT2D eigenvalue weighted by Crippen LogP contribution is -2.34. The Morgan fingerprint density at radius 1 is 1.03 bits per heavy atom. The van der Waals surface area contributed by atoms with Gasteiger partial charge in [-0.05, 0) is 54.4 Å². The Hall–Kier alpha value is -3.35. The van der Waals surface area contributed by atoms with Gasteiger partial charge in [0.2, 0.25) is 5.91 Å². The number of hydrogen-bond acceptors (Lipinski definition) is 4. The number of unbranched alkanes of at least 4 members (excludes halogenated alkanes) is 1. The van der Waals surface area contributed by atoms with Crippen LogP contribution in [0.2, 0.25) is 0 Å². The monoisotopic (exact) mass is 464 g/mol. The van der Waals surface area contributed by atoms with Crippen LogP contribution >= 0.6 is 0 Å². The van der Waals surface area contributed by atoms with Gasteiger partial charge >= 0.3 is 12.1 Å². The van der Waals surface area contributed by atoms with E-state index in [-0.39, 0.29) is 36.7 Å². The lowest BCUT2D eigenvalue weighted by atomic mass is 9.98.